The summed E-state index contributed by atoms with van der Waals surface area (Å²) in [6, 6.07) is 2.36. The summed E-state index contributed by atoms with van der Waals surface area (Å²) >= 11 is 0. The van der Waals surface area contributed by atoms with Crippen LogP contribution in [-0.4, -0.2) is 24.1 Å². The fourth-order valence-electron chi connectivity index (χ4n) is 7.50. The monoisotopic (exact) mass is 750 g/mol. The number of aromatic nitrogens is 5. The van der Waals surface area contributed by atoms with Crippen molar-refractivity contribution in [3.63, 3.8) is 0 Å². The zero-order valence-corrected chi connectivity index (χ0v) is 28.9. The quantitative estimate of drug-likeness (QED) is 0.176. The maximum absolute atomic E-state index is 9.74. The van der Waals surface area contributed by atoms with Gasteiger partial charge in [0.15, 0.2) is 17.2 Å². The van der Waals surface area contributed by atoms with Crippen LogP contribution in [0.5, 0.6) is 0 Å². The van der Waals surface area contributed by atoms with Crippen molar-refractivity contribution >= 4 is 65.6 Å². The van der Waals surface area contributed by atoms with Crippen LogP contribution in [0.15, 0.2) is 192 Å². The van der Waals surface area contributed by atoms with E-state index in [4.69, 9.17) is 37.7 Å². The molecule has 0 saturated heterocycles. The van der Waals surface area contributed by atoms with Gasteiger partial charge in [-0.1, -0.05) is 169 Å². The minimum atomic E-state index is -0.761. The summed E-state index contributed by atoms with van der Waals surface area (Å²) in [5.74, 6) is -1.42. The molecule has 12 aromatic rings. The minimum Gasteiger partial charge on any atom is -0.453 e. The van der Waals surface area contributed by atoms with E-state index in [1.54, 1.807) is 65.2 Å². The number of hydrogen-bond donors (Lipinski definition) is 0. The molecule has 0 aliphatic heterocycles. The van der Waals surface area contributed by atoms with Crippen LogP contribution in [0.1, 0.15) is 28.8 Å². The molecule has 0 atom stereocenters. The van der Waals surface area contributed by atoms with Crippen LogP contribution < -0.4 is 0 Å². The summed E-state index contributed by atoms with van der Waals surface area (Å²) in [5.41, 5.74) is -1.75. The van der Waals surface area contributed by atoms with Crippen molar-refractivity contribution in [3.8, 4) is 45.5 Å². The van der Waals surface area contributed by atoms with E-state index in [0.29, 0.717) is 32.6 Å². The number of fused-ring (bicyclic) bond motifs is 10. The molecule has 0 saturated carbocycles. The van der Waals surface area contributed by atoms with E-state index >= 15 is 0 Å². The summed E-state index contributed by atoms with van der Waals surface area (Å²) in [6.07, 6.45) is 0. The number of rotatable bonds is 5. The Bertz CT molecular complexity index is 4600. The highest BCUT2D eigenvalue weighted by atomic mass is 16.3. The van der Waals surface area contributed by atoms with Crippen LogP contribution in [0.25, 0.3) is 111 Å². The van der Waals surface area contributed by atoms with Crippen molar-refractivity contribution in [1.29, 1.82) is 0 Å². The number of para-hydroxylation sites is 4. The van der Waals surface area contributed by atoms with Gasteiger partial charge in [0.05, 0.1) is 56.5 Å². The standard InChI is InChI=1S/C51H31N5O/c1-4-16-32(17-5-1)35-24-14-25-40-41-26-15-29-44(48(41)57-47(35)40)55-42-27-12-10-22-36(42)38-30-31-39-37-23-11-13-28-43(37)56(46(39)45(38)55)51-53-49(33-18-6-2-7-19-33)52-50(54-51)34-20-8-3-9-21-34/h1-31H/i1D,2D,3D,4D,5D,6D,7D,8D,9D,14D,15D,16D,17D,18D,19D,20D,21D,24D,25D,26D,29D. The molecule has 0 aliphatic rings. The maximum Gasteiger partial charge on any atom is 0.238 e. The number of nitrogens with zero attached hydrogens (tertiary/aromatic N) is 5. The average Bonchev–Trinajstić information content (AvgIpc) is 4.01. The van der Waals surface area contributed by atoms with E-state index in [-0.39, 0.29) is 39.0 Å². The molecule has 0 spiro atoms. The zero-order valence-electron chi connectivity index (χ0n) is 49.9. The van der Waals surface area contributed by atoms with E-state index < -0.39 is 166 Å². The number of hydrogen-bond acceptors (Lipinski definition) is 4. The van der Waals surface area contributed by atoms with E-state index in [0.717, 1.165) is 0 Å². The maximum atomic E-state index is 9.74. The van der Waals surface area contributed by atoms with Crippen molar-refractivity contribution in [2.24, 2.45) is 0 Å². The van der Waals surface area contributed by atoms with Crippen LogP contribution in [0.2, 0.25) is 0 Å². The van der Waals surface area contributed by atoms with Gasteiger partial charge in [-0.15, -0.1) is 0 Å². The van der Waals surface area contributed by atoms with Gasteiger partial charge in [-0.25, -0.2) is 4.98 Å². The molecular weight excluding hydrogens is 699 g/mol. The molecule has 0 amide bonds. The molecule has 266 valence electrons. The Morgan fingerprint density at radius 1 is 0.404 bits per heavy atom. The second-order valence-corrected chi connectivity index (χ2v) is 12.8. The number of benzene rings is 8. The van der Waals surface area contributed by atoms with E-state index in [9.17, 15) is 5.48 Å². The highest BCUT2D eigenvalue weighted by Crippen LogP contribution is 2.44. The molecule has 0 fully saturated rings. The minimum absolute atomic E-state index is 0.211. The Hall–Kier alpha value is -7.83. The predicted molar refractivity (Wildman–Crippen MR) is 232 cm³/mol. The van der Waals surface area contributed by atoms with Crippen LogP contribution in [0.3, 0.4) is 0 Å². The SMILES string of the molecule is [2H]c1c([2H])c([2H])c(-c2nc(-c3c([2H])c([2H])c([2H])c([2H])c3[2H])nc(-n3c4ccccc4c4ccc5c6ccccc6n(-c6c([2H])c([2H])c([2H])c7c6oc6c(-c8c([2H])c([2H])c([2H])c([2H])c8[2H])c([2H])c([2H])c([2H])c67)c5c43)n2)c([2H])c1[2H]. The summed E-state index contributed by atoms with van der Waals surface area (Å²) in [5, 5.41) is 1.50. The second-order valence-electron chi connectivity index (χ2n) is 12.8. The molecular formula is C51H31N5O. The molecule has 4 heterocycles. The highest BCUT2D eigenvalue weighted by molar-refractivity contribution is 6.24. The van der Waals surface area contributed by atoms with Crippen LogP contribution in [0, 0.1) is 0 Å². The van der Waals surface area contributed by atoms with Crippen molar-refractivity contribution in [2.45, 2.75) is 0 Å². The summed E-state index contributed by atoms with van der Waals surface area (Å²) in [7, 11) is 0. The highest BCUT2D eigenvalue weighted by Gasteiger charge is 2.25. The Morgan fingerprint density at radius 3 is 1.53 bits per heavy atom. The predicted octanol–water partition coefficient (Wildman–Crippen LogP) is 13.0. The molecule has 0 unspecified atom stereocenters. The molecule has 4 aromatic heterocycles. The van der Waals surface area contributed by atoms with Gasteiger partial charge in [0, 0.05) is 49.0 Å². The van der Waals surface area contributed by atoms with Gasteiger partial charge in [-0.3, -0.25) is 4.57 Å². The third kappa shape index (κ3) is 4.74. The molecule has 8 aromatic carbocycles. The van der Waals surface area contributed by atoms with E-state index in [1.807, 2.05) is 0 Å². The van der Waals surface area contributed by atoms with Gasteiger partial charge in [0.25, 0.3) is 0 Å². The second kappa shape index (κ2) is 12.3. The molecule has 6 nitrogen and oxygen atoms in total. The fourth-order valence-corrected chi connectivity index (χ4v) is 7.50. The van der Waals surface area contributed by atoms with Crippen LogP contribution >= 0.6 is 0 Å². The van der Waals surface area contributed by atoms with E-state index in [2.05, 4.69) is 4.98 Å². The Balaban J connectivity index is 1.29. The first kappa shape index (κ1) is 17.3. The Morgan fingerprint density at radius 2 is 0.912 bits per heavy atom. The molecule has 0 N–H and O–H groups in total. The largest absolute Gasteiger partial charge is 0.453 e. The van der Waals surface area contributed by atoms with Gasteiger partial charge >= 0.3 is 0 Å². The third-order valence-corrected chi connectivity index (χ3v) is 9.81. The van der Waals surface area contributed by atoms with Gasteiger partial charge in [0.2, 0.25) is 5.95 Å². The average molecular weight is 751 g/mol. The third-order valence-electron chi connectivity index (χ3n) is 9.81. The summed E-state index contributed by atoms with van der Waals surface area (Å²) < 4.78 is 195. The van der Waals surface area contributed by atoms with E-state index in [1.165, 1.54) is 4.57 Å². The first-order chi connectivity index (χ1) is 37.0. The fraction of sp³-hybridized carbons (Fsp3) is 0. The Labute approximate surface area is 356 Å². The zero-order chi connectivity index (χ0) is 55.7. The van der Waals surface area contributed by atoms with Crippen molar-refractivity contribution in [2.75, 3.05) is 0 Å². The van der Waals surface area contributed by atoms with Gasteiger partial charge in [-0.2, -0.15) is 9.97 Å². The smallest absolute Gasteiger partial charge is 0.238 e. The lowest BCUT2D eigenvalue weighted by molar-refractivity contribution is 0.667. The summed E-state index contributed by atoms with van der Waals surface area (Å²) in [6.45, 7) is 0. The van der Waals surface area contributed by atoms with Crippen molar-refractivity contribution < 1.29 is 33.2 Å². The topological polar surface area (TPSA) is 61.7 Å². The lowest BCUT2D eigenvalue weighted by Crippen LogP contribution is -2.07. The first-order valence-corrected chi connectivity index (χ1v) is 17.4. The van der Waals surface area contributed by atoms with Crippen molar-refractivity contribution in [1.82, 2.24) is 24.1 Å². The first-order valence-electron chi connectivity index (χ1n) is 27.9. The lowest BCUT2D eigenvalue weighted by Gasteiger charge is -2.13. The molecule has 57 heavy (non-hydrogen) atoms. The molecule has 6 heteroatoms. The van der Waals surface area contributed by atoms with Crippen LogP contribution in [0.4, 0.5) is 0 Å². The van der Waals surface area contributed by atoms with Crippen molar-refractivity contribution in [3.05, 3.63) is 188 Å². The van der Waals surface area contributed by atoms with Gasteiger partial charge in [-0.05, 0) is 23.7 Å². The molecule has 0 radical (unpaired) electrons. The van der Waals surface area contributed by atoms with Gasteiger partial charge < -0.3 is 8.98 Å². The number of furan rings is 1. The molecule has 0 aliphatic carbocycles. The Kier molecular flexibility index (Phi) is 3.75. The van der Waals surface area contributed by atoms with Gasteiger partial charge in [0.1, 0.15) is 5.58 Å². The molecule has 12 rings (SSSR count). The lowest BCUT2D eigenvalue weighted by atomic mass is 10.0. The molecule has 0 bridgehead atoms. The van der Waals surface area contributed by atoms with Crippen LogP contribution in [-0.2, 0) is 0 Å². The normalized spacial score (nSPS) is 17.0. The summed E-state index contributed by atoms with van der Waals surface area (Å²) in [4.78, 5) is 14.0.